The number of rotatable bonds is 10. The van der Waals surface area contributed by atoms with E-state index in [9.17, 15) is 9.18 Å². The number of ether oxygens (including phenoxy) is 4. The zero-order valence-electron chi connectivity index (χ0n) is 18.9. The normalized spacial score (nSPS) is 10.7. The van der Waals surface area contributed by atoms with Gasteiger partial charge in [-0.1, -0.05) is 18.2 Å². The van der Waals surface area contributed by atoms with Gasteiger partial charge in [0.2, 0.25) is 0 Å². The summed E-state index contributed by atoms with van der Waals surface area (Å²) in [6, 6.07) is 14.7. The molecule has 0 saturated heterocycles. The predicted octanol–water partition coefficient (Wildman–Crippen LogP) is 5.35. The van der Waals surface area contributed by atoms with Crippen molar-refractivity contribution in [3.05, 3.63) is 81.6 Å². The molecular formula is C25H24BrFN2O5. The number of nitrogens with one attached hydrogen (secondary N) is 1. The van der Waals surface area contributed by atoms with Crippen LogP contribution >= 0.6 is 15.9 Å². The van der Waals surface area contributed by atoms with E-state index in [-0.39, 0.29) is 12.4 Å². The Kier molecular flexibility index (Phi) is 8.86. The minimum atomic E-state index is -0.409. The molecule has 0 unspecified atom stereocenters. The molecular weight excluding hydrogens is 507 g/mol. The summed E-state index contributed by atoms with van der Waals surface area (Å²) in [5, 5.41) is 4.02. The maximum Gasteiger partial charge on any atom is 0.271 e. The summed E-state index contributed by atoms with van der Waals surface area (Å²) in [6.07, 6.45) is 1.47. The van der Waals surface area contributed by atoms with Crippen LogP contribution in [0.2, 0.25) is 0 Å². The lowest BCUT2D eigenvalue weighted by Crippen LogP contribution is -2.17. The van der Waals surface area contributed by atoms with Crippen LogP contribution in [-0.4, -0.2) is 32.9 Å². The van der Waals surface area contributed by atoms with Crippen molar-refractivity contribution >= 4 is 28.1 Å². The molecule has 0 fully saturated rings. The van der Waals surface area contributed by atoms with Gasteiger partial charge in [-0.15, -0.1) is 0 Å². The van der Waals surface area contributed by atoms with E-state index in [4.69, 9.17) is 18.9 Å². The van der Waals surface area contributed by atoms with Gasteiger partial charge in [0.25, 0.3) is 5.91 Å². The molecule has 0 aromatic heterocycles. The van der Waals surface area contributed by atoms with Gasteiger partial charge in [0.05, 0.1) is 31.5 Å². The van der Waals surface area contributed by atoms with Crippen LogP contribution in [0.4, 0.5) is 4.39 Å². The van der Waals surface area contributed by atoms with Gasteiger partial charge < -0.3 is 18.9 Å². The number of hydrazone groups is 1. The van der Waals surface area contributed by atoms with E-state index in [1.54, 1.807) is 48.5 Å². The molecule has 178 valence electrons. The zero-order valence-corrected chi connectivity index (χ0v) is 20.5. The quantitative estimate of drug-likeness (QED) is 0.282. The van der Waals surface area contributed by atoms with Gasteiger partial charge in [-0.2, -0.15) is 5.10 Å². The number of carbonyl (C=O) groups excluding carboxylic acids is 1. The molecule has 0 saturated carbocycles. The number of hydrogen-bond donors (Lipinski definition) is 1. The van der Waals surface area contributed by atoms with Crippen molar-refractivity contribution in [1.29, 1.82) is 0 Å². The molecule has 1 amide bonds. The first-order valence-corrected chi connectivity index (χ1v) is 11.1. The number of methoxy groups -OCH3 is 2. The van der Waals surface area contributed by atoms with Crippen molar-refractivity contribution < 1.29 is 28.1 Å². The Bertz CT molecular complexity index is 1190. The number of halogens is 2. The van der Waals surface area contributed by atoms with E-state index in [0.717, 1.165) is 0 Å². The molecule has 3 rings (SSSR count). The van der Waals surface area contributed by atoms with Crippen molar-refractivity contribution in [2.24, 2.45) is 5.10 Å². The van der Waals surface area contributed by atoms with Gasteiger partial charge in [0.15, 0.2) is 23.0 Å². The second-order valence-electron chi connectivity index (χ2n) is 6.91. The lowest BCUT2D eigenvalue weighted by atomic mass is 10.2. The third-order valence-corrected chi connectivity index (χ3v) is 5.28. The number of hydrogen-bond acceptors (Lipinski definition) is 6. The highest BCUT2D eigenvalue weighted by Gasteiger charge is 2.13. The van der Waals surface area contributed by atoms with Crippen LogP contribution in [0.5, 0.6) is 23.0 Å². The second-order valence-corrected chi connectivity index (χ2v) is 7.77. The van der Waals surface area contributed by atoms with Gasteiger partial charge in [-0.3, -0.25) is 4.79 Å². The summed E-state index contributed by atoms with van der Waals surface area (Å²) >= 11 is 3.45. The number of amides is 1. The minimum Gasteiger partial charge on any atom is -0.493 e. The summed E-state index contributed by atoms with van der Waals surface area (Å²) in [6.45, 7) is 2.39. The highest BCUT2D eigenvalue weighted by molar-refractivity contribution is 9.10. The standard InChI is InChI=1S/C25H24BrFN2O5/c1-4-33-21-10-9-17(13-22(21)31-2)25(30)29-28-14-16-11-19(26)24(23(12-16)32-3)34-15-18-7-5-6-8-20(18)27/h5-14H,4,15H2,1-3H3,(H,29,30)/b28-14+. The van der Waals surface area contributed by atoms with Crippen LogP contribution in [-0.2, 0) is 6.61 Å². The van der Waals surface area contributed by atoms with Crippen LogP contribution in [0.15, 0.2) is 64.2 Å². The van der Waals surface area contributed by atoms with Crippen molar-refractivity contribution in [2.75, 3.05) is 20.8 Å². The molecule has 7 nitrogen and oxygen atoms in total. The smallest absolute Gasteiger partial charge is 0.271 e. The molecule has 0 bridgehead atoms. The fourth-order valence-corrected chi connectivity index (χ4v) is 3.61. The lowest BCUT2D eigenvalue weighted by molar-refractivity contribution is 0.0954. The Morgan fingerprint density at radius 2 is 1.79 bits per heavy atom. The van der Waals surface area contributed by atoms with Crippen molar-refractivity contribution in [2.45, 2.75) is 13.5 Å². The Hall–Kier alpha value is -3.59. The number of carbonyl (C=O) groups is 1. The molecule has 34 heavy (non-hydrogen) atoms. The summed E-state index contributed by atoms with van der Waals surface area (Å²) in [5.41, 5.74) is 3.92. The average molecular weight is 531 g/mol. The van der Waals surface area contributed by atoms with Gasteiger partial charge >= 0.3 is 0 Å². The SMILES string of the molecule is CCOc1ccc(C(=O)N/N=C/c2cc(Br)c(OCc3ccccc3F)c(OC)c2)cc1OC. The van der Waals surface area contributed by atoms with E-state index < -0.39 is 5.91 Å². The summed E-state index contributed by atoms with van der Waals surface area (Å²) in [7, 11) is 3.01. The first kappa shape index (κ1) is 25.0. The fourth-order valence-electron chi connectivity index (χ4n) is 3.03. The van der Waals surface area contributed by atoms with Crippen LogP contribution in [0.1, 0.15) is 28.4 Å². The largest absolute Gasteiger partial charge is 0.493 e. The second kappa shape index (κ2) is 12.0. The summed E-state index contributed by atoms with van der Waals surface area (Å²) in [4.78, 5) is 12.5. The monoisotopic (exact) mass is 530 g/mol. The molecule has 0 spiro atoms. The predicted molar refractivity (Wildman–Crippen MR) is 131 cm³/mol. The van der Waals surface area contributed by atoms with Crippen molar-refractivity contribution in [1.82, 2.24) is 5.43 Å². The zero-order chi connectivity index (χ0) is 24.5. The Morgan fingerprint density at radius 3 is 2.50 bits per heavy atom. The Labute approximate surface area is 205 Å². The molecule has 0 heterocycles. The van der Waals surface area contributed by atoms with E-state index in [1.807, 2.05) is 6.92 Å². The summed E-state index contributed by atoms with van der Waals surface area (Å²) < 4.78 is 36.4. The third kappa shape index (κ3) is 6.26. The summed E-state index contributed by atoms with van der Waals surface area (Å²) in [5.74, 6) is 1.11. The molecule has 3 aromatic carbocycles. The van der Waals surface area contributed by atoms with Crippen LogP contribution in [0.25, 0.3) is 0 Å². The molecule has 0 radical (unpaired) electrons. The van der Waals surface area contributed by atoms with E-state index in [2.05, 4.69) is 26.5 Å². The fraction of sp³-hybridized carbons (Fsp3) is 0.200. The van der Waals surface area contributed by atoms with Crippen molar-refractivity contribution in [3.8, 4) is 23.0 Å². The molecule has 0 atom stereocenters. The van der Waals surface area contributed by atoms with Crippen molar-refractivity contribution in [3.63, 3.8) is 0 Å². The van der Waals surface area contributed by atoms with Gasteiger partial charge in [0.1, 0.15) is 12.4 Å². The van der Waals surface area contributed by atoms with Crippen LogP contribution < -0.4 is 24.4 Å². The maximum atomic E-state index is 13.9. The molecule has 9 heteroatoms. The number of benzene rings is 3. The maximum absolute atomic E-state index is 13.9. The minimum absolute atomic E-state index is 0.0384. The van der Waals surface area contributed by atoms with Crippen LogP contribution in [0, 0.1) is 5.82 Å². The third-order valence-electron chi connectivity index (χ3n) is 4.69. The molecule has 1 N–H and O–H groups in total. The van der Waals surface area contributed by atoms with Gasteiger partial charge in [-0.25, -0.2) is 9.82 Å². The Balaban J connectivity index is 1.69. The van der Waals surface area contributed by atoms with Gasteiger partial charge in [-0.05, 0) is 64.8 Å². The first-order chi connectivity index (χ1) is 16.5. The highest BCUT2D eigenvalue weighted by atomic mass is 79.9. The van der Waals surface area contributed by atoms with Crippen LogP contribution in [0.3, 0.4) is 0 Å². The van der Waals surface area contributed by atoms with E-state index in [0.29, 0.717) is 50.8 Å². The molecule has 0 aliphatic carbocycles. The first-order valence-electron chi connectivity index (χ1n) is 10.3. The lowest BCUT2D eigenvalue weighted by Gasteiger charge is -2.14. The molecule has 0 aliphatic heterocycles. The topological polar surface area (TPSA) is 78.4 Å². The van der Waals surface area contributed by atoms with E-state index in [1.165, 1.54) is 26.5 Å². The van der Waals surface area contributed by atoms with Gasteiger partial charge in [0, 0.05) is 11.1 Å². The molecule has 0 aliphatic rings. The number of nitrogens with zero attached hydrogens (tertiary/aromatic N) is 1. The highest BCUT2D eigenvalue weighted by Crippen LogP contribution is 2.37. The average Bonchev–Trinajstić information content (AvgIpc) is 2.84. The van der Waals surface area contributed by atoms with E-state index >= 15 is 0 Å². The molecule has 3 aromatic rings. The Morgan fingerprint density at radius 1 is 1.03 bits per heavy atom.